The Hall–Kier alpha value is -1.34. The molecule has 7 heteroatoms. The first kappa shape index (κ1) is 16.0. The zero-order valence-corrected chi connectivity index (χ0v) is 12.9. The largest absolute Gasteiger partial charge is 0.417 e. The Morgan fingerprint density at radius 3 is 2.71 bits per heavy atom. The summed E-state index contributed by atoms with van der Waals surface area (Å²) in [6.45, 7) is 2.72. The van der Waals surface area contributed by atoms with Crippen LogP contribution in [0.1, 0.15) is 29.9 Å². The number of aromatic nitrogens is 2. The third kappa shape index (κ3) is 3.65. The second-order valence-corrected chi connectivity index (χ2v) is 5.53. The molecule has 2 N–H and O–H groups in total. The first-order valence-corrected chi connectivity index (χ1v) is 7.24. The Balaban J connectivity index is 2.26. The summed E-state index contributed by atoms with van der Waals surface area (Å²) >= 11 is 2.92. The van der Waals surface area contributed by atoms with Crippen molar-refractivity contribution in [3.05, 3.63) is 52.0 Å². The summed E-state index contributed by atoms with van der Waals surface area (Å²) in [4.78, 5) is 4.19. The van der Waals surface area contributed by atoms with Gasteiger partial charge in [-0.3, -0.25) is 0 Å². The number of benzene rings is 1. The van der Waals surface area contributed by atoms with E-state index >= 15 is 0 Å². The lowest BCUT2D eigenvalue weighted by molar-refractivity contribution is -0.138. The zero-order chi connectivity index (χ0) is 15.6. The van der Waals surface area contributed by atoms with Gasteiger partial charge in [-0.05, 0) is 24.6 Å². The first-order valence-electron chi connectivity index (χ1n) is 6.45. The molecule has 3 nitrogen and oxygen atoms in total. The molecule has 1 heterocycles. The molecule has 0 aliphatic rings. The third-order valence-corrected chi connectivity index (χ3v) is 3.96. The van der Waals surface area contributed by atoms with Gasteiger partial charge in [-0.1, -0.05) is 22.0 Å². The van der Waals surface area contributed by atoms with Crippen molar-refractivity contribution in [1.29, 1.82) is 0 Å². The number of nitrogens with zero attached hydrogens (tertiary/aromatic N) is 2. The van der Waals surface area contributed by atoms with E-state index in [4.69, 9.17) is 5.73 Å². The van der Waals surface area contributed by atoms with Crippen molar-refractivity contribution < 1.29 is 13.2 Å². The first-order chi connectivity index (χ1) is 9.82. The number of rotatable bonds is 4. The fourth-order valence-electron chi connectivity index (χ4n) is 2.12. The number of imidazole rings is 1. The van der Waals surface area contributed by atoms with Gasteiger partial charge < -0.3 is 10.3 Å². The fraction of sp³-hybridized carbons (Fsp3) is 0.357. The number of aryl methyl sites for hydroxylation is 1. The summed E-state index contributed by atoms with van der Waals surface area (Å²) in [5, 5.41) is 0. The summed E-state index contributed by atoms with van der Waals surface area (Å²) in [7, 11) is 0. The normalized spacial score (nSPS) is 13.4. The van der Waals surface area contributed by atoms with Gasteiger partial charge in [0.2, 0.25) is 0 Å². The molecule has 1 aromatic heterocycles. The topological polar surface area (TPSA) is 43.8 Å². The zero-order valence-electron chi connectivity index (χ0n) is 11.4. The Morgan fingerprint density at radius 1 is 1.38 bits per heavy atom. The maximum atomic E-state index is 12.9. The maximum absolute atomic E-state index is 12.9. The van der Waals surface area contributed by atoms with E-state index in [9.17, 15) is 13.2 Å². The molecule has 2 aromatic rings. The van der Waals surface area contributed by atoms with Crippen LogP contribution in [-0.2, 0) is 19.1 Å². The summed E-state index contributed by atoms with van der Waals surface area (Å²) < 4.78 is 40.6. The van der Waals surface area contributed by atoms with Gasteiger partial charge in [0.25, 0.3) is 0 Å². The van der Waals surface area contributed by atoms with Gasteiger partial charge in [-0.2, -0.15) is 13.2 Å². The van der Waals surface area contributed by atoms with Gasteiger partial charge in [0.15, 0.2) is 0 Å². The van der Waals surface area contributed by atoms with Crippen LogP contribution in [-0.4, -0.2) is 9.55 Å². The lowest BCUT2D eigenvalue weighted by Gasteiger charge is -2.16. The molecule has 114 valence electrons. The molecule has 0 saturated carbocycles. The van der Waals surface area contributed by atoms with E-state index in [0.29, 0.717) is 12.0 Å². The Kier molecular flexibility index (Phi) is 4.73. The molecule has 0 amide bonds. The standard InChI is InChI=1S/C14H15BrF3N3/c1-2-21-6-5-20-13(21)8-12(19)9-3-4-11(15)10(7-9)14(16,17)18/h3-7,12H,2,8,19H2,1H3. The molecule has 0 saturated heterocycles. The lowest BCUT2D eigenvalue weighted by atomic mass is 10.0. The van der Waals surface area contributed by atoms with Crippen LogP contribution >= 0.6 is 15.9 Å². The highest BCUT2D eigenvalue weighted by atomic mass is 79.9. The van der Waals surface area contributed by atoms with Crippen molar-refractivity contribution in [2.24, 2.45) is 5.73 Å². The fourth-order valence-corrected chi connectivity index (χ4v) is 2.59. The van der Waals surface area contributed by atoms with Gasteiger partial charge in [-0.15, -0.1) is 0 Å². The molecule has 1 atom stereocenters. The molecule has 0 bridgehead atoms. The number of nitrogens with two attached hydrogens (primary N) is 1. The van der Waals surface area contributed by atoms with Crippen molar-refractivity contribution in [2.45, 2.75) is 32.1 Å². The predicted octanol–water partition coefficient (Wildman–Crippen LogP) is 3.93. The van der Waals surface area contributed by atoms with Crippen LogP contribution in [0, 0.1) is 0 Å². The number of halogens is 4. The van der Waals surface area contributed by atoms with Gasteiger partial charge in [0, 0.05) is 35.9 Å². The van der Waals surface area contributed by atoms with E-state index in [0.717, 1.165) is 18.4 Å². The van der Waals surface area contributed by atoms with Crippen LogP contribution in [0.3, 0.4) is 0 Å². The van der Waals surface area contributed by atoms with Gasteiger partial charge >= 0.3 is 6.18 Å². The minimum Gasteiger partial charge on any atom is -0.335 e. The van der Waals surface area contributed by atoms with Crippen LogP contribution < -0.4 is 5.73 Å². The molecule has 1 unspecified atom stereocenters. The monoisotopic (exact) mass is 361 g/mol. The van der Waals surface area contributed by atoms with Crippen molar-refractivity contribution in [2.75, 3.05) is 0 Å². The van der Waals surface area contributed by atoms with Crippen LogP contribution in [0.15, 0.2) is 35.1 Å². The Morgan fingerprint density at radius 2 is 2.10 bits per heavy atom. The van der Waals surface area contributed by atoms with E-state index in [-0.39, 0.29) is 4.47 Å². The van der Waals surface area contributed by atoms with E-state index in [1.165, 1.54) is 6.07 Å². The van der Waals surface area contributed by atoms with E-state index in [1.807, 2.05) is 17.7 Å². The van der Waals surface area contributed by atoms with Crippen LogP contribution in [0.25, 0.3) is 0 Å². The summed E-state index contributed by atoms with van der Waals surface area (Å²) in [6, 6.07) is 3.54. The minimum absolute atomic E-state index is 0.0148. The minimum atomic E-state index is -4.41. The Labute approximate surface area is 129 Å². The molecule has 0 aliphatic carbocycles. The molecule has 0 radical (unpaired) electrons. The van der Waals surface area contributed by atoms with Crippen molar-refractivity contribution >= 4 is 15.9 Å². The molecule has 21 heavy (non-hydrogen) atoms. The maximum Gasteiger partial charge on any atom is 0.417 e. The summed E-state index contributed by atoms with van der Waals surface area (Å²) in [5.74, 6) is 0.765. The van der Waals surface area contributed by atoms with E-state index in [2.05, 4.69) is 20.9 Å². The lowest BCUT2D eigenvalue weighted by Crippen LogP contribution is -2.17. The molecular weight excluding hydrogens is 347 g/mol. The number of hydrogen-bond donors (Lipinski definition) is 1. The molecule has 0 spiro atoms. The molecule has 0 fully saturated rings. The SMILES string of the molecule is CCn1ccnc1CC(N)c1ccc(Br)c(C(F)(F)F)c1. The van der Waals surface area contributed by atoms with Crippen molar-refractivity contribution in [3.8, 4) is 0 Å². The highest BCUT2D eigenvalue weighted by Crippen LogP contribution is 2.36. The van der Waals surface area contributed by atoms with Gasteiger partial charge in [0.1, 0.15) is 5.82 Å². The van der Waals surface area contributed by atoms with Crippen molar-refractivity contribution in [3.63, 3.8) is 0 Å². The number of alkyl halides is 3. The van der Waals surface area contributed by atoms with Crippen LogP contribution in [0.4, 0.5) is 13.2 Å². The van der Waals surface area contributed by atoms with Crippen LogP contribution in [0.2, 0.25) is 0 Å². The molecule has 1 aromatic carbocycles. The number of hydrogen-bond acceptors (Lipinski definition) is 2. The second-order valence-electron chi connectivity index (χ2n) is 4.68. The van der Waals surface area contributed by atoms with Gasteiger partial charge in [0.05, 0.1) is 5.56 Å². The molecule has 2 rings (SSSR count). The smallest absolute Gasteiger partial charge is 0.335 e. The molecule has 0 aliphatic heterocycles. The quantitative estimate of drug-likeness (QED) is 0.896. The molecular formula is C14H15BrF3N3. The third-order valence-electron chi connectivity index (χ3n) is 3.27. The van der Waals surface area contributed by atoms with E-state index in [1.54, 1.807) is 12.3 Å². The van der Waals surface area contributed by atoms with Gasteiger partial charge in [-0.25, -0.2) is 4.98 Å². The Bertz CT molecular complexity index is 622. The highest BCUT2D eigenvalue weighted by Gasteiger charge is 2.33. The van der Waals surface area contributed by atoms with E-state index < -0.39 is 17.8 Å². The summed E-state index contributed by atoms with van der Waals surface area (Å²) in [6.07, 6.45) is -0.532. The second kappa shape index (κ2) is 6.19. The predicted molar refractivity (Wildman–Crippen MR) is 77.7 cm³/mol. The van der Waals surface area contributed by atoms with Crippen molar-refractivity contribution in [1.82, 2.24) is 9.55 Å². The highest BCUT2D eigenvalue weighted by molar-refractivity contribution is 9.10. The average Bonchev–Trinajstić information content (AvgIpc) is 2.85. The summed E-state index contributed by atoms with van der Waals surface area (Å²) in [5.41, 5.74) is 5.76. The average molecular weight is 362 g/mol. The van der Waals surface area contributed by atoms with Crippen LogP contribution in [0.5, 0.6) is 0 Å².